The number of unbranched alkanes of at least 4 members (excludes halogenated alkanes) is 3. The maximum absolute atomic E-state index is 11.6. The van der Waals surface area contributed by atoms with Crippen LogP contribution in [0.5, 0.6) is 0 Å². The van der Waals surface area contributed by atoms with Crippen LogP contribution in [-0.2, 0) is 4.74 Å². The molecule has 0 spiro atoms. The van der Waals surface area contributed by atoms with Crippen LogP contribution in [-0.4, -0.2) is 12.6 Å². The van der Waals surface area contributed by atoms with Crippen LogP contribution in [0.3, 0.4) is 0 Å². The number of rotatable bonds is 6. The third kappa shape index (κ3) is 4.96. The van der Waals surface area contributed by atoms with Crippen LogP contribution in [0.2, 0.25) is 0 Å². The van der Waals surface area contributed by atoms with E-state index in [0.717, 1.165) is 16.4 Å². The Bertz CT molecular complexity index is 336. The van der Waals surface area contributed by atoms with Crippen molar-refractivity contribution in [1.29, 1.82) is 0 Å². The summed E-state index contributed by atoms with van der Waals surface area (Å²) < 4.78 is 6.24. The Morgan fingerprint density at radius 2 is 2.12 bits per heavy atom. The van der Waals surface area contributed by atoms with Gasteiger partial charge in [-0.3, -0.25) is 0 Å². The average Bonchev–Trinajstić information content (AvgIpc) is 2.28. The van der Waals surface area contributed by atoms with Crippen LogP contribution in [0.4, 0.5) is 0 Å². The predicted molar refractivity (Wildman–Crippen MR) is 73.6 cm³/mol. The Morgan fingerprint density at radius 3 is 2.81 bits per heavy atom. The minimum absolute atomic E-state index is 0.213. The molecule has 0 unspecified atom stereocenters. The number of ether oxygens (including phenoxy) is 1. The first-order chi connectivity index (χ1) is 7.74. The molecule has 16 heavy (non-hydrogen) atoms. The highest BCUT2D eigenvalue weighted by Gasteiger charge is 2.06. The third-order valence-corrected chi connectivity index (χ3v) is 2.96. The van der Waals surface area contributed by atoms with Gasteiger partial charge >= 0.3 is 5.97 Å². The van der Waals surface area contributed by atoms with Crippen molar-refractivity contribution in [3.05, 3.63) is 33.4 Å². The number of benzene rings is 1. The van der Waals surface area contributed by atoms with Crippen LogP contribution in [0, 0.1) is 3.57 Å². The molecule has 0 heterocycles. The molecule has 88 valence electrons. The second kappa shape index (κ2) is 7.65. The van der Waals surface area contributed by atoms with E-state index in [4.69, 9.17) is 4.74 Å². The zero-order valence-electron chi connectivity index (χ0n) is 9.54. The second-order valence-corrected chi connectivity index (χ2v) is 4.95. The highest BCUT2D eigenvalue weighted by atomic mass is 127. The van der Waals surface area contributed by atoms with Gasteiger partial charge in [0, 0.05) is 3.57 Å². The number of esters is 1. The van der Waals surface area contributed by atoms with Gasteiger partial charge in [0.05, 0.1) is 12.2 Å². The SMILES string of the molecule is CCCCCCOC(=O)c1cccc(I)c1. The van der Waals surface area contributed by atoms with Gasteiger partial charge in [-0.05, 0) is 47.2 Å². The molecule has 2 nitrogen and oxygen atoms in total. The molecule has 0 aliphatic heterocycles. The summed E-state index contributed by atoms with van der Waals surface area (Å²) in [7, 11) is 0. The molecule has 1 rings (SSSR count). The summed E-state index contributed by atoms with van der Waals surface area (Å²) >= 11 is 2.19. The Kier molecular flexibility index (Phi) is 6.45. The Hall–Kier alpha value is -0.580. The molecule has 0 saturated carbocycles. The zero-order chi connectivity index (χ0) is 11.8. The highest BCUT2D eigenvalue weighted by molar-refractivity contribution is 14.1. The van der Waals surface area contributed by atoms with Crippen molar-refractivity contribution in [3.63, 3.8) is 0 Å². The molecule has 0 fully saturated rings. The Balaban J connectivity index is 2.30. The van der Waals surface area contributed by atoms with Crippen LogP contribution < -0.4 is 0 Å². The van der Waals surface area contributed by atoms with Gasteiger partial charge in [-0.25, -0.2) is 4.79 Å². The van der Waals surface area contributed by atoms with Crippen LogP contribution >= 0.6 is 22.6 Å². The second-order valence-electron chi connectivity index (χ2n) is 3.71. The van der Waals surface area contributed by atoms with E-state index < -0.39 is 0 Å². The molecular formula is C13H17IO2. The maximum atomic E-state index is 11.6. The molecule has 3 heteroatoms. The molecule has 1 aromatic rings. The molecule has 0 amide bonds. The van der Waals surface area contributed by atoms with Crippen molar-refractivity contribution in [1.82, 2.24) is 0 Å². The summed E-state index contributed by atoms with van der Waals surface area (Å²) in [6.45, 7) is 2.70. The molecule has 0 bridgehead atoms. The van der Waals surface area contributed by atoms with Gasteiger partial charge in [-0.15, -0.1) is 0 Å². The fraction of sp³-hybridized carbons (Fsp3) is 0.462. The van der Waals surface area contributed by atoms with Crippen molar-refractivity contribution >= 4 is 28.6 Å². The first-order valence-electron chi connectivity index (χ1n) is 5.66. The molecule has 1 aromatic carbocycles. The van der Waals surface area contributed by atoms with Crippen molar-refractivity contribution in [2.75, 3.05) is 6.61 Å². The molecule has 0 atom stereocenters. The van der Waals surface area contributed by atoms with Crippen molar-refractivity contribution < 1.29 is 9.53 Å². The maximum Gasteiger partial charge on any atom is 0.338 e. The number of carbonyl (C=O) groups excluding carboxylic acids is 1. The van der Waals surface area contributed by atoms with Gasteiger partial charge in [-0.2, -0.15) is 0 Å². The molecule has 0 aliphatic rings. The van der Waals surface area contributed by atoms with Crippen molar-refractivity contribution in [2.45, 2.75) is 32.6 Å². The fourth-order valence-corrected chi connectivity index (χ4v) is 1.94. The topological polar surface area (TPSA) is 26.3 Å². The largest absolute Gasteiger partial charge is 0.462 e. The molecular weight excluding hydrogens is 315 g/mol. The number of carbonyl (C=O) groups is 1. The lowest BCUT2D eigenvalue weighted by Crippen LogP contribution is -2.06. The summed E-state index contributed by atoms with van der Waals surface area (Å²) in [5, 5.41) is 0. The van der Waals surface area contributed by atoms with E-state index in [-0.39, 0.29) is 5.97 Å². The fourth-order valence-electron chi connectivity index (χ4n) is 1.39. The van der Waals surface area contributed by atoms with Crippen LogP contribution in [0.15, 0.2) is 24.3 Å². The Labute approximate surface area is 111 Å². The standard InChI is InChI=1S/C13H17IO2/c1-2-3-4-5-9-16-13(15)11-7-6-8-12(14)10-11/h6-8,10H,2-5,9H2,1H3. The van der Waals surface area contributed by atoms with Gasteiger partial charge in [0.15, 0.2) is 0 Å². The van der Waals surface area contributed by atoms with E-state index in [9.17, 15) is 4.79 Å². The summed E-state index contributed by atoms with van der Waals surface area (Å²) in [5.41, 5.74) is 0.641. The lowest BCUT2D eigenvalue weighted by atomic mass is 10.2. The Morgan fingerprint density at radius 1 is 1.31 bits per heavy atom. The molecule has 0 N–H and O–H groups in total. The highest BCUT2D eigenvalue weighted by Crippen LogP contribution is 2.09. The van der Waals surface area contributed by atoms with Gasteiger partial charge in [0.1, 0.15) is 0 Å². The van der Waals surface area contributed by atoms with Crippen molar-refractivity contribution in [3.8, 4) is 0 Å². The normalized spacial score (nSPS) is 10.1. The van der Waals surface area contributed by atoms with E-state index in [2.05, 4.69) is 29.5 Å². The summed E-state index contributed by atoms with van der Waals surface area (Å²) in [6, 6.07) is 7.46. The minimum Gasteiger partial charge on any atom is -0.462 e. The number of hydrogen-bond donors (Lipinski definition) is 0. The quantitative estimate of drug-likeness (QED) is 0.447. The monoisotopic (exact) mass is 332 g/mol. The summed E-state index contributed by atoms with van der Waals surface area (Å²) in [6.07, 6.45) is 4.51. The van der Waals surface area contributed by atoms with E-state index in [1.54, 1.807) is 6.07 Å². The van der Waals surface area contributed by atoms with Gasteiger partial charge in [-0.1, -0.05) is 32.3 Å². The van der Waals surface area contributed by atoms with Gasteiger partial charge < -0.3 is 4.74 Å². The lowest BCUT2D eigenvalue weighted by molar-refractivity contribution is 0.0497. The average molecular weight is 332 g/mol. The van der Waals surface area contributed by atoms with Crippen LogP contribution in [0.25, 0.3) is 0 Å². The van der Waals surface area contributed by atoms with Gasteiger partial charge in [0.2, 0.25) is 0 Å². The van der Waals surface area contributed by atoms with Gasteiger partial charge in [0.25, 0.3) is 0 Å². The van der Waals surface area contributed by atoms with E-state index in [1.165, 1.54) is 12.8 Å². The van der Waals surface area contributed by atoms with Crippen molar-refractivity contribution in [2.24, 2.45) is 0 Å². The molecule has 0 aliphatic carbocycles. The number of halogens is 1. The third-order valence-electron chi connectivity index (χ3n) is 2.29. The molecule has 0 aromatic heterocycles. The van der Waals surface area contributed by atoms with Crippen LogP contribution in [0.1, 0.15) is 43.0 Å². The van der Waals surface area contributed by atoms with E-state index >= 15 is 0 Å². The lowest BCUT2D eigenvalue weighted by Gasteiger charge is -2.04. The predicted octanol–water partition coefficient (Wildman–Crippen LogP) is 4.03. The molecule has 0 radical (unpaired) electrons. The van der Waals surface area contributed by atoms with E-state index in [0.29, 0.717) is 12.2 Å². The van der Waals surface area contributed by atoms with E-state index in [1.807, 2.05) is 18.2 Å². The smallest absolute Gasteiger partial charge is 0.338 e. The molecule has 0 saturated heterocycles. The first-order valence-corrected chi connectivity index (χ1v) is 6.74. The zero-order valence-corrected chi connectivity index (χ0v) is 11.7. The first kappa shape index (κ1) is 13.5. The summed E-state index contributed by atoms with van der Waals surface area (Å²) in [4.78, 5) is 11.6. The number of hydrogen-bond acceptors (Lipinski definition) is 2. The minimum atomic E-state index is -0.213. The summed E-state index contributed by atoms with van der Waals surface area (Å²) in [5.74, 6) is -0.213.